The Kier molecular flexibility index (Phi) is 5.71. The van der Waals surface area contributed by atoms with Gasteiger partial charge in [-0.1, -0.05) is 33.6 Å². The summed E-state index contributed by atoms with van der Waals surface area (Å²) in [7, 11) is 0. The molecule has 0 fully saturated rings. The van der Waals surface area contributed by atoms with Gasteiger partial charge in [-0.15, -0.1) is 0 Å². The second kappa shape index (κ2) is 5.97. The van der Waals surface area contributed by atoms with E-state index in [1.807, 2.05) is 6.92 Å². The number of amides is 1. The SMILES string of the molecule is CCCC(CCC)(NCC)C(N)=O. The van der Waals surface area contributed by atoms with Crippen LogP contribution in [0, 0.1) is 0 Å². The number of primary amides is 1. The van der Waals surface area contributed by atoms with Crippen molar-refractivity contribution in [1.29, 1.82) is 0 Å². The quantitative estimate of drug-likeness (QED) is 0.632. The number of likely N-dealkylation sites (N-methyl/N-ethyl adjacent to an activating group) is 1. The van der Waals surface area contributed by atoms with E-state index in [4.69, 9.17) is 5.73 Å². The minimum atomic E-state index is -0.460. The summed E-state index contributed by atoms with van der Waals surface area (Å²) in [5.41, 5.74) is 4.97. The van der Waals surface area contributed by atoms with Crippen molar-refractivity contribution in [2.75, 3.05) is 6.54 Å². The fraction of sp³-hybridized carbons (Fsp3) is 0.900. The van der Waals surface area contributed by atoms with E-state index in [2.05, 4.69) is 19.2 Å². The van der Waals surface area contributed by atoms with Gasteiger partial charge in [-0.05, 0) is 19.4 Å². The number of hydrogen-bond acceptors (Lipinski definition) is 2. The monoisotopic (exact) mass is 186 g/mol. The molecule has 3 nitrogen and oxygen atoms in total. The normalized spacial score (nSPS) is 11.6. The first-order chi connectivity index (χ1) is 6.13. The topological polar surface area (TPSA) is 55.1 Å². The molecule has 0 rings (SSSR count). The fourth-order valence-electron chi connectivity index (χ4n) is 1.83. The third-order valence-corrected chi connectivity index (χ3v) is 2.34. The van der Waals surface area contributed by atoms with Gasteiger partial charge in [0.2, 0.25) is 5.91 Å². The van der Waals surface area contributed by atoms with E-state index in [0.29, 0.717) is 0 Å². The maximum atomic E-state index is 11.4. The van der Waals surface area contributed by atoms with Crippen molar-refractivity contribution >= 4 is 5.91 Å². The third-order valence-electron chi connectivity index (χ3n) is 2.34. The van der Waals surface area contributed by atoms with Gasteiger partial charge in [0.05, 0.1) is 5.54 Å². The number of hydrogen-bond donors (Lipinski definition) is 2. The molecule has 78 valence electrons. The highest BCUT2D eigenvalue weighted by atomic mass is 16.1. The molecule has 13 heavy (non-hydrogen) atoms. The molecule has 0 aliphatic heterocycles. The van der Waals surface area contributed by atoms with Crippen LogP contribution in [-0.2, 0) is 4.79 Å². The van der Waals surface area contributed by atoms with E-state index < -0.39 is 5.54 Å². The first-order valence-electron chi connectivity index (χ1n) is 5.17. The second-order valence-corrected chi connectivity index (χ2v) is 3.48. The Labute approximate surface area is 81.1 Å². The van der Waals surface area contributed by atoms with Crippen LogP contribution in [0.3, 0.4) is 0 Å². The summed E-state index contributed by atoms with van der Waals surface area (Å²) in [6.07, 6.45) is 3.64. The van der Waals surface area contributed by atoms with Crippen LogP contribution in [0.5, 0.6) is 0 Å². The number of nitrogens with one attached hydrogen (secondary N) is 1. The summed E-state index contributed by atoms with van der Waals surface area (Å²) in [5, 5.41) is 3.22. The van der Waals surface area contributed by atoms with Gasteiger partial charge in [0, 0.05) is 0 Å². The van der Waals surface area contributed by atoms with Crippen molar-refractivity contribution in [2.45, 2.75) is 52.0 Å². The van der Waals surface area contributed by atoms with Gasteiger partial charge >= 0.3 is 0 Å². The van der Waals surface area contributed by atoms with Crippen LogP contribution in [0.4, 0.5) is 0 Å². The lowest BCUT2D eigenvalue weighted by atomic mass is 9.88. The summed E-state index contributed by atoms with van der Waals surface area (Å²) >= 11 is 0. The highest BCUT2D eigenvalue weighted by Crippen LogP contribution is 2.19. The van der Waals surface area contributed by atoms with Crippen molar-refractivity contribution in [2.24, 2.45) is 5.73 Å². The zero-order valence-corrected chi connectivity index (χ0v) is 9.02. The molecule has 0 aliphatic rings. The molecule has 1 amide bonds. The summed E-state index contributed by atoms with van der Waals surface area (Å²) in [4.78, 5) is 11.4. The third kappa shape index (κ3) is 3.35. The van der Waals surface area contributed by atoms with Gasteiger partial charge in [-0.3, -0.25) is 4.79 Å². The van der Waals surface area contributed by atoms with Crippen LogP contribution >= 0.6 is 0 Å². The van der Waals surface area contributed by atoms with E-state index in [9.17, 15) is 4.79 Å². The number of carbonyl (C=O) groups is 1. The van der Waals surface area contributed by atoms with Gasteiger partial charge in [0.25, 0.3) is 0 Å². The van der Waals surface area contributed by atoms with Crippen LogP contribution in [0.1, 0.15) is 46.5 Å². The Morgan fingerprint density at radius 1 is 1.23 bits per heavy atom. The molecule has 0 heterocycles. The molecule has 0 saturated carbocycles. The molecule has 0 saturated heterocycles. The van der Waals surface area contributed by atoms with Crippen molar-refractivity contribution in [3.63, 3.8) is 0 Å². The summed E-state index contributed by atoms with van der Waals surface area (Å²) in [6.45, 7) is 6.95. The lowest BCUT2D eigenvalue weighted by Gasteiger charge is -2.30. The van der Waals surface area contributed by atoms with E-state index in [1.54, 1.807) is 0 Å². The maximum absolute atomic E-state index is 11.4. The van der Waals surface area contributed by atoms with Gasteiger partial charge in [0.1, 0.15) is 0 Å². The van der Waals surface area contributed by atoms with Gasteiger partial charge in [0.15, 0.2) is 0 Å². The van der Waals surface area contributed by atoms with E-state index in [1.165, 1.54) is 0 Å². The molecular formula is C10H22N2O. The summed E-state index contributed by atoms with van der Waals surface area (Å²) < 4.78 is 0. The molecule has 3 N–H and O–H groups in total. The summed E-state index contributed by atoms with van der Waals surface area (Å²) in [6, 6.07) is 0. The smallest absolute Gasteiger partial charge is 0.237 e. The lowest BCUT2D eigenvalue weighted by Crippen LogP contribution is -2.55. The van der Waals surface area contributed by atoms with Crippen LogP contribution in [0.25, 0.3) is 0 Å². The first kappa shape index (κ1) is 12.4. The lowest BCUT2D eigenvalue weighted by molar-refractivity contribution is -0.125. The van der Waals surface area contributed by atoms with E-state index in [-0.39, 0.29) is 5.91 Å². The molecule has 0 unspecified atom stereocenters. The first-order valence-corrected chi connectivity index (χ1v) is 5.17. The van der Waals surface area contributed by atoms with Crippen molar-refractivity contribution in [1.82, 2.24) is 5.32 Å². The fourth-order valence-corrected chi connectivity index (χ4v) is 1.83. The Bertz CT molecular complexity index is 140. The average Bonchev–Trinajstić information content (AvgIpc) is 2.05. The standard InChI is InChI=1S/C10H22N2O/c1-4-7-10(8-5-2,9(11)13)12-6-3/h12H,4-8H2,1-3H3,(H2,11,13). The zero-order chi connectivity index (χ0) is 10.3. The van der Waals surface area contributed by atoms with Crippen LogP contribution in [0.15, 0.2) is 0 Å². The Morgan fingerprint density at radius 3 is 1.92 bits per heavy atom. The van der Waals surface area contributed by atoms with Crippen LogP contribution in [-0.4, -0.2) is 18.0 Å². The van der Waals surface area contributed by atoms with Gasteiger partial charge in [-0.2, -0.15) is 0 Å². The minimum absolute atomic E-state index is 0.210. The minimum Gasteiger partial charge on any atom is -0.368 e. The van der Waals surface area contributed by atoms with Crippen molar-refractivity contribution in [3.05, 3.63) is 0 Å². The Hall–Kier alpha value is -0.570. The van der Waals surface area contributed by atoms with Crippen LogP contribution < -0.4 is 11.1 Å². The van der Waals surface area contributed by atoms with Crippen molar-refractivity contribution in [3.8, 4) is 0 Å². The molecule has 0 atom stereocenters. The molecule has 0 aromatic carbocycles. The molecule has 0 aliphatic carbocycles. The number of carbonyl (C=O) groups excluding carboxylic acids is 1. The highest BCUT2D eigenvalue weighted by Gasteiger charge is 2.33. The second-order valence-electron chi connectivity index (χ2n) is 3.48. The molecule has 0 spiro atoms. The average molecular weight is 186 g/mol. The van der Waals surface area contributed by atoms with Gasteiger partial charge in [-0.25, -0.2) is 0 Å². The molecule has 0 radical (unpaired) electrons. The maximum Gasteiger partial charge on any atom is 0.237 e. The summed E-state index contributed by atoms with van der Waals surface area (Å²) in [5.74, 6) is -0.210. The van der Waals surface area contributed by atoms with Crippen LogP contribution in [0.2, 0.25) is 0 Å². The Balaban J connectivity index is 4.48. The molecule has 0 aromatic rings. The van der Waals surface area contributed by atoms with E-state index >= 15 is 0 Å². The Morgan fingerprint density at radius 2 is 1.69 bits per heavy atom. The number of rotatable bonds is 7. The molecular weight excluding hydrogens is 164 g/mol. The zero-order valence-electron chi connectivity index (χ0n) is 9.02. The van der Waals surface area contributed by atoms with E-state index in [0.717, 1.165) is 32.2 Å². The molecule has 0 aromatic heterocycles. The van der Waals surface area contributed by atoms with Crippen molar-refractivity contribution < 1.29 is 4.79 Å². The predicted octanol–water partition coefficient (Wildman–Crippen LogP) is 1.42. The number of nitrogens with two attached hydrogens (primary N) is 1. The molecule has 3 heteroatoms. The largest absolute Gasteiger partial charge is 0.368 e. The predicted molar refractivity (Wildman–Crippen MR) is 55.4 cm³/mol. The molecule has 0 bridgehead atoms. The van der Waals surface area contributed by atoms with Gasteiger partial charge < -0.3 is 11.1 Å². The highest BCUT2D eigenvalue weighted by molar-refractivity contribution is 5.84.